The molecule has 2 aromatic rings. The van der Waals surface area contributed by atoms with E-state index in [9.17, 15) is 9.18 Å². The molecule has 0 aliphatic heterocycles. The standard InChI is InChI=1S/C14H13ClFN3O/c1-8(13-5-2-9(16)7-18-13)19-10-3-4-11(14(17)20)12(15)6-10/h2-8,19H,1H3,(H2,17,20). The number of hydrogen-bond donors (Lipinski definition) is 2. The molecule has 0 saturated carbocycles. The Kier molecular flexibility index (Phi) is 4.20. The number of carbonyl (C=O) groups is 1. The van der Waals surface area contributed by atoms with Crippen molar-refractivity contribution in [3.05, 3.63) is 58.6 Å². The average Bonchev–Trinajstić information content (AvgIpc) is 2.39. The van der Waals surface area contributed by atoms with E-state index in [2.05, 4.69) is 10.3 Å². The maximum Gasteiger partial charge on any atom is 0.250 e. The third-order valence-corrected chi connectivity index (χ3v) is 3.12. The first kappa shape index (κ1) is 14.3. The van der Waals surface area contributed by atoms with Crippen molar-refractivity contribution in [1.29, 1.82) is 0 Å². The summed E-state index contributed by atoms with van der Waals surface area (Å²) in [7, 11) is 0. The predicted molar refractivity (Wildman–Crippen MR) is 76.2 cm³/mol. The van der Waals surface area contributed by atoms with Crippen molar-refractivity contribution in [3.8, 4) is 0 Å². The molecule has 3 N–H and O–H groups in total. The topological polar surface area (TPSA) is 68.0 Å². The molecule has 104 valence electrons. The predicted octanol–water partition coefficient (Wildman–Crippen LogP) is 3.15. The summed E-state index contributed by atoms with van der Waals surface area (Å²) in [5.74, 6) is -0.954. The number of nitrogens with one attached hydrogen (secondary N) is 1. The molecule has 1 heterocycles. The van der Waals surface area contributed by atoms with Crippen LogP contribution in [0.15, 0.2) is 36.5 Å². The zero-order valence-electron chi connectivity index (χ0n) is 10.7. The van der Waals surface area contributed by atoms with Gasteiger partial charge in [-0.2, -0.15) is 0 Å². The number of pyridine rings is 1. The van der Waals surface area contributed by atoms with Gasteiger partial charge < -0.3 is 11.1 Å². The van der Waals surface area contributed by atoms with Gasteiger partial charge in [-0.05, 0) is 37.3 Å². The van der Waals surface area contributed by atoms with Crippen molar-refractivity contribution in [3.63, 3.8) is 0 Å². The van der Waals surface area contributed by atoms with Gasteiger partial charge in [-0.1, -0.05) is 11.6 Å². The molecule has 2 rings (SSSR count). The molecule has 0 aliphatic rings. The second-order valence-electron chi connectivity index (χ2n) is 4.33. The van der Waals surface area contributed by atoms with E-state index in [-0.39, 0.29) is 22.4 Å². The van der Waals surface area contributed by atoms with E-state index < -0.39 is 5.91 Å². The lowest BCUT2D eigenvalue weighted by molar-refractivity contribution is 0.100. The first-order valence-corrected chi connectivity index (χ1v) is 6.32. The van der Waals surface area contributed by atoms with E-state index in [1.165, 1.54) is 6.07 Å². The molecule has 4 nitrogen and oxygen atoms in total. The molecule has 1 amide bonds. The van der Waals surface area contributed by atoms with Crippen molar-refractivity contribution >= 4 is 23.2 Å². The summed E-state index contributed by atoms with van der Waals surface area (Å²) in [6.07, 6.45) is 1.16. The molecule has 0 spiro atoms. The van der Waals surface area contributed by atoms with E-state index in [4.69, 9.17) is 17.3 Å². The maximum atomic E-state index is 12.8. The highest BCUT2D eigenvalue weighted by Crippen LogP contribution is 2.23. The van der Waals surface area contributed by atoms with Gasteiger partial charge in [0.2, 0.25) is 5.91 Å². The minimum Gasteiger partial charge on any atom is -0.377 e. The molecule has 0 fully saturated rings. The van der Waals surface area contributed by atoms with Crippen LogP contribution in [0, 0.1) is 5.82 Å². The number of aromatic nitrogens is 1. The van der Waals surface area contributed by atoms with Crippen LogP contribution in [0.25, 0.3) is 0 Å². The summed E-state index contributed by atoms with van der Waals surface area (Å²) in [4.78, 5) is 15.1. The summed E-state index contributed by atoms with van der Waals surface area (Å²) < 4.78 is 12.8. The molecule has 1 atom stereocenters. The van der Waals surface area contributed by atoms with Gasteiger partial charge in [-0.3, -0.25) is 9.78 Å². The fourth-order valence-electron chi connectivity index (χ4n) is 1.77. The Morgan fingerprint density at radius 3 is 2.70 bits per heavy atom. The van der Waals surface area contributed by atoms with Crippen LogP contribution >= 0.6 is 11.6 Å². The first-order chi connectivity index (χ1) is 9.47. The summed E-state index contributed by atoms with van der Waals surface area (Å²) in [5, 5.41) is 3.44. The van der Waals surface area contributed by atoms with E-state index in [0.29, 0.717) is 5.69 Å². The van der Waals surface area contributed by atoms with Crippen LogP contribution in [0.1, 0.15) is 29.0 Å². The molecule has 0 radical (unpaired) electrons. The second kappa shape index (κ2) is 5.88. The fourth-order valence-corrected chi connectivity index (χ4v) is 2.05. The van der Waals surface area contributed by atoms with Crippen molar-refractivity contribution in [2.45, 2.75) is 13.0 Å². The molecule has 0 aliphatic carbocycles. The van der Waals surface area contributed by atoms with Gasteiger partial charge in [0, 0.05) is 5.69 Å². The van der Waals surface area contributed by atoms with Crippen molar-refractivity contribution in [2.75, 3.05) is 5.32 Å². The van der Waals surface area contributed by atoms with Crippen molar-refractivity contribution in [1.82, 2.24) is 4.98 Å². The fraction of sp³-hybridized carbons (Fsp3) is 0.143. The Balaban J connectivity index is 2.15. The van der Waals surface area contributed by atoms with Crippen molar-refractivity contribution < 1.29 is 9.18 Å². The Morgan fingerprint density at radius 1 is 1.40 bits per heavy atom. The van der Waals surface area contributed by atoms with E-state index in [1.807, 2.05) is 6.92 Å². The number of carbonyl (C=O) groups excluding carboxylic acids is 1. The maximum absolute atomic E-state index is 12.8. The monoisotopic (exact) mass is 293 g/mol. The van der Waals surface area contributed by atoms with Crippen LogP contribution in [-0.4, -0.2) is 10.9 Å². The van der Waals surface area contributed by atoms with Gasteiger partial charge in [0.05, 0.1) is 28.5 Å². The summed E-state index contributed by atoms with van der Waals surface area (Å²) in [6.45, 7) is 1.89. The van der Waals surface area contributed by atoms with Crippen LogP contribution in [-0.2, 0) is 0 Å². The Hall–Kier alpha value is -2.14. The van der Waals surface area contributed by atoms with Crippen LogP contribution < -0.4 is 11.1 Å². The minimum atomic E-state index is -0.574. The first-order valence-electron chi connectivity index (χ1n) is 5.94. The number of hydrogen-bond acceptors (Lipinski definition) is 3. The van der Waals surface area contributed by atoms with E-state index in [0.717, 1.165) is 11.9 Å². The van der Waals surface area contributed by atoms with E-state index in [1.54, 1.807) is 24.3 Å². The summed E-state index contributed by atoms with van der Waals surface area (Å²) in [6, 6.07) is 7.69. The Bertz CT molecular complexity index is 631. The number of rotatable bonds is 4. The van der Waals surface area contributed by atoms with Gasteiger partial charge in [0.15, 0.2) is 0 Å². The quantitative estimate of drug-likeness (QED) is 0.910. The van der Waals surface area contributed by atoms with Gasteiger partial charge >= 0.3 is 0 Å². The Morgan fingerprint density at radius 2 is 2.15 bits per heavy atom. The molecule has 1 aromatic heterocycles. The third kappa shape index (κ3) is 3.24. The number of amides is 1. The third-order valence-electron chi connectivity index (χ3n) is 2.81. The van der Waals surface area contributed by atoms with Gasteiger partial charge in [-0.25, -0.2) is 4.39 Å². The number of anilines is 1. The number of primary amides is 1. The van der Waals surface area contributed by atoms with Crippen molar-refractivity contribution in [2.24, 2.45) is 5.73 Å². The summed E-state index contributed by atoms with van der Waals surface area (Å²) >= 11 is 5.97. The number of benzene rings is 1. The largest absolute Gasteiger partial charge is 0.377 e. The zero-order valence-corrected chi connectivity index (χ0v) is 11.5. The SMILES string of the molecule is CC(Nc1ccc(C(N)=O)c(Cl)c1)c1ccc(F)cn1. The molecule has 20 heavy (non-hydrogen) atoms. The number of nitrogens with two attached hydrogens (primary N) is 1. The zero-order chi connectivity index (χ0) is 14.7. The second-order valence-corrected chi connectivity index (χ2v) is 4.73. The summed E-state index contributed by atoms with van der Waals surface area (Å²) in [5.41, 5.74) is 6.87. The molecular weight excluding hydrogens is 281 g/mol. The normalized spacial score (nSPS) is 11.9. The number of nitrogens with zero attached hydrogens (tertiary/aromatic N) is 1. The average molecular weight is 294 g/mol. The Labute approximate surface area is 120 Å². The minimum absolute atomic E-state index is 0.133. The lowest BCUT2D eigenvalue weighted by atomic mass is 10.1. The highest BCUT2D eigenvalue weighted by atomic mass is 35.5. The van der Waals surface area contributed by atoms with Crippen LogP contribution in [0.5, 0.6) is 0 Å². The number of halogens is 2. The molecule has 0 saturated heterocycles. The molecule has 6 heteroatoms. The van der Waals surface area contributed by atoms with Crippen LogP contribution in [0.4, 0.5) is 10.1 Å². The highest BCUT2D eigenvalue weighted by molar-refractivity contribution is 6.34. The van der Waals surface area contributed by atoms with Crippen LogP contribution in [0.3, 0.4) is 0 Å². The lowest BCUT2D eigenvalue weighted by Crippen LogP contribution is -2.12. The smallest absolute Gasteiger partial charge is 0.250 e. The molecule has 0 bridgehead atoms. The molecule has 1 aromatic carbocycles. The molecule has 1 unspecified atom stereocenters. The highest BCUT2D eigenvalue weighted by Gasteiger charge is 2.10. The van der Waals surface area contributed by atoms with Gasteiger partial charge in [0.25, 0.3) is 0 Å². The molecular formula is C14H13ClFN3O. The van der Waals surface area contributed by atoms with Crippen LogP contribution in [0.2, 0.25) is 5.02 Å². The van der Waals surface area contributed by atoms with E-state index >= 15 is 0 Å². The van der Waals surface area contributed by atoms with Gasteiger partial charge in [0.1, 0.15) is 5.82 Å². The van der Waals surface area contributed by atoms with Gasteiger partial charge in [-0.15, -0.1) is 0 Å². The lowest BCUT2D eigenvalue weighted by Gasteiger charge is -2.15.